The molecular formula is C27H35N5O6. The van der Waals surface area contributed by atoms with Gasteiger partial charge in [0.25, 0.3) is 0 Å². The number of hydrogen-bond acceptors (Lipinski definition) is 6. The Labute approximate surface area is 221 Å². The number of fused-ring (bicyclic) bond motifs is 1. The number of urea groups is 1. The number of carboxylic acids is 1. The van der Waals surface area contributed by atoms with Gasteiger partial charge >= 0.3 is 12.0 Å². The summed E-state index contributed by atoms with van der Waals surface area (Å²) in [5.74, 6) is -1.23. The molecule has 1 aromatic carbocycles. The van der Waals surface area contributed by atoms with Gasteiger partial charge in [0.1, 0.15) is 5.75 Å². The number of H-pyrrole nitrogens is 1. The van der Waals surface area contributed by atoms with Crippen molar-refractivity contribution in [1.82, 2.24) is 25.0 Å². The molecule has 0 spiro atoms. The summed E-state index contributed by atoms with van der Waals surface area (Å²) in [7, 11) is 1.60. The van der Waals surface area contributed by atoms with Gasteiger partial charge in [-0.1, -0.05) is 0 Å². The van der Waals surface area contributed by atoms with Crippen molar-refractivity contribution in [3.05, 3.63) is 29.5 Å². The molecule has 2 atom stereocenters. The minimum Gasteiger partial charge on any atom is -0.497 e. The first-order chi connectivity index (χ1) is 18.3. The van der Waals surface area contributed by atoms with E-state index in [-0.39, 0.29) is 25.4 Å². The fraction of sp³-hybridized carbons (Fsp3) is 0.556. The summed E-state index contributed by atoms with van der Waals surface area (Å²) in [5.41, 5.74) is 2.77. The van der Waals surface area contributed by atoms with Crippen LogP contribution in [0, 0.1) is 18.8 Å². The molecule has 11 heteroatoms. The highest BCUT2D eigenvalue weighted by Gasteiger charge is 2.56. The maximum absolute atomic E-state index is 13.2. The lowest BCUT2D eigenvalue weighted by molar-refractivity contribution is -0.167. The molecule has 3 N–H and O–H groups in total. The van der Waals surface area contributed by atoms with Gasteiger partial charge in [0.2, 0.25) is 11.8 Å². The number of aryl methyl sites for hydroxylation is 1. The number of likely N-dealkylation sites (tertiary alicyclic amines) is 1. The van der Waals surface area contributed by atoms with Gasteiger partial charge in [0.05, 0.1) is 19.4 Å². The number of nitrogens with one attached hydrogen (secondary N) is 2. The number of rotatable bonds is 6. The molecule has 204 valence electrons. The highest BCUT2D eigenvalue weighted by Crippen LogP contribution is 2.36. The number of ether oxygens (including phenoxy) is 1. The number of piperidine rings is 1. The van der Waals surface area contributed by atoms with Gasteiger partial charge in [-0.15, -0.1) is 0 Å². The van der Waals surface area contributed by atoms with Gasteiger partial charge in [0.15, 0.2) is 6.04 Å². The van der Waals surface area contributed by atoms with Crippen LogP contribution in [0.2, 0.25) is 0 Å². The molecule has 1 aromatic heterocycles. The van der Waals surface area contributed by atoms with Crippen LogP contribution in [-0.2, 0) is 20.8 Å². The fourth-order valence-corrected chi connectivity index (χ4v) is 6.03. The molecule has 3 saturated heterocycles. The number of aromatic amines is 1. The number of aromatic nitrogens is 1. The zero-order valence-corrected chi connectivity index (χ0v) is 21.9. The Morgan fingerprint density at radius 3 is 2.42 bits per heavy atom. The number of piperazine rings is 1. The summed E-state index contributed by atoms with van der Waals surface area (Å²) in [6.45, 7) is 4.82. The monoisotopic (exact) mass is 525 g/mol. The molecule has 3 aliphatic heterocycles. The zero-order chi connectivity index (χ0) is 27.0. The second-order valence-electron chi connectivity index (χ2n) is 10.5. The van der Waals surface area contributed by atoms with Gasteiger partial charge in [-0.25, -0.2) is 14.5 Å². The predicted molar refractivity (Wildman–Crippen MR) is 139 cm³/mol. The Hall–Kier alpha value is -3.60. The number of nitrogens with zero attached hydrogens (tertiary/aromatic N) is 3. The lowest BCUT2D eigenvalue weighted by Crippen LogP contribution is -2.69. The molecule has 0 saturated carbocycles. The molecule has 0 radical (unpaired) electrons. The van der Waals surface area contributed by atoms with Crippen LogP contribution in [-0.4, -0.2) is 101 Å². The minimum absolute atomic E-state index is 0.0469. The number of imide groups is 1. The highest BCUT2D eigenvalue weighted by molar-refractivity contribution is 6.07. The third-order valence-electron chi connectivity index (χ3n) is 8.28. The summed E-state index contributed by atoms with van der Waals surface area (Å²) in [5, 5.41) is 14.0. The summed E-state index contributed by atoms with van der Waals surface area (Å²) in [6.07, 6.45) is 2.54. The van der Waals surface area contributed by atoms with Crippen LogP contribution in [0.4, 0.5) is 4.79 Å². The smallest absolute Gasteiger partial charge is 0.327 e. The number of hydrogen-bond donors (Lipinski definition) is 3. The lowest BCUT2D eigenvalue weighted by Gasteiger charge is -2.47. The minimum atomic E-state index is -1.14. The SMILES string of the molecule is COc1ccc2[nH]c(C)c(CC(=O)N3CCN(C(=O)N4C(=O)[C@H](CC5CCNCC5)[C@H]4C(=O)O)CC3)c2c1. The number of benzene rings is 1. The van der Waals surface area contributed by atoms with Crippen LogP contribution in [0.3, 0.4) is 0 Å². The molecule has 38 heavy (non-hydrogen) atoms. The first-order valence-electron chi connectivity index (χ1n) is 13.3. The number of methoxy groups -OCH3 is 1. The number of carboxylic acid groups (broad SMARTS) is 1. The number of amides is 4. The van der Waals surface area contributed by atoms with E-state index < -0.39 is 29.9 Å². The van der Waals surface area contributed by atoms with Crippen molar-refractivity contribution >= 4 is 34.7 Å². The Balaban J connectivity index is 1.19. The lowest BCUT2D eigenvalue weighted by atomic mass is 9.78. The first-order valence-corrected chi connectivity index (χ1v) is 13.3. The normalized spacial score (nSPS) is 22.5. The van der Waals surface area contributed by atoms with Crippen LogP contribution in [0.15, 0.2) is 18.2 Å². The summed E-state index contributed by atoms with van der Waals surface area (Å²) in [6, 6.07) is 4.02. The molecule has 3 aliphatic rings. The van der Waals surface area contributed by atoms with E-state index in [1.54, 1.807) is 12.0 Å². The molecule has 4 heterocycles. The van der Waals surface area contributed by atoms with Crippen LogP contribution >= 0.6 is 0 Å². The maximum atomic E-state index is 13.2. The second-order valence-corrected chi connectivity index (χ2v) is 10.5. The van der Waals surface area contributed by atoms with Crippen LogP contribution in [0.1, 0.15) is 30.5 Å². The Morgan fingerprint density at radius 1 is 1.08 bits per heavy atom. The third-order valence-corrected chi connectivity index (χ3v) is 8.28. The average Bonchev–Trinajstić information content (AvgIpc) is 3.23. The molecule has 11 nitrogen and oxygen atoms in total. The van der Waals surface area contributed by atoms with Crippen LogP contribution < -0.4 is 10.1 Å². The molecule has 0 unspecified atom stereocenters. The van der Waals surface area contributed by atoms with E-state index in [0.717, 1.165) is 58.7 Å². The standard InChI is InChI=1S/C27H35N5O6/c1-16-19(20-14-18(38-2)3-4-22(20)29-16)15-23(33)30-9-11-31(12-10-30)27(37)32-24(26(35)36)21(25(32)34)13-17-5-7-28-8-6-17/h3-4,14,17,21,24,28-29H,5-13,15H2,1-2H3,(H,35,36)/t21-,24+/m1/s1. The van der Waals surface area contributed by atoms with E-state index in [1.807, 2.05) is 25.1 Å². The quantitative estimate of drug-likeness (QED) is 0.488. The molecule has 5 rings (SSSR count). The molecule has 4 amide bonds. The molecule has 3 fully saturated rings. The number of β-lactam (4-membered cyclic amide) rings is 1. The maximum Gasteiger partial charge on any atom is 0.327 e. The summed E-state index contributed by atoms with van der Waals surface area (Å²) >= 11 is 0. The Kier molecular flexibility index (Phi) is 7.29. The van der Waals surface area contributed by atoms with Crippen LogP contribution in [0.5, 0.6) is 5.75 Å². The third kappa shape index (κ3) is 4.82. The van der Waals surface area contributed by atoms with E-state index in [1.165, 1.54) is 4.90 Å². The number of aliphatic carboxylic acids is 1. The van der Waals surface area contributed by atoms with E-state index in [0.29, 0.717) is 25.4 Å². The van der Waals surface area contributed by atoms with Crippen molar-refractivity contribution in [2.45, 2.75) is 38.6 Å². The number of carbonyl (C=O) groups excluding carboxylic acids is 3. The zero-order valence-electron chi connectivity index (χ0n) is 21.9. The van der Waals surface area contributed by atoms with Crippen molar-refractivity contribution in [1.29, 1.82) is 0 Å². The van der Waals surface area contributed by atoms with Crippen molar-refractivity contribution in [2.24, 2.45) is 11.8 Å². The molecule has 0 bridgehead atoms. The topological polar surface area (TPSA) is 135 Å². The van der Waals surface area contributed by atoms with Crippen molar-refractivity contribution < 1.29 is 29.0 Å². The van der Waals surface area contributed by atoms with Gasteiger partial charge in [-0.3, -0.25) is 9.59 Å². The van der Waals surface area contributed by atoms with Gasteiger partial charge < -0.3 is 29.9 Å². The van der Waals surface area contributed by atoms with Gasteiger partial charge in [0, 0.05) is 42.8 Å². The van der Waals surface area contributed by atoms with Crippen molar-refractivity contribution in [3.8, 4) is 5.75 Å². The highest BCUT2D eigenvalue weighted by atomic mass is 16.5. The second kappa shape index (κ2) is 10.6. The molecular weight excluding hydrogens is 490 g/mol. The Bertz CT molecular complexity index is 1240. The summed E-state index contributed by atoms with van der Waals surface area (Å²) in [4.78, 5) is 58.6. The van der Waals surface area contributed by atoms with Gasteiger partial charge in [-0.2, -0.15) is 0 Å². The average molecular weight is 526 g/mol. The van der Waals surface area contributed by atoms with Crippen molar-refractivity contribution in [2.75, 3.05) is 46.4 Å². The Morgan fingerprint density at radius 2 is 1.76 bits per heavy atom. The molecule has 2 aromatic rings. The fourth-order valence-electron chi connectivity index (χ4n) is 6.03. The first kappa shape index (κ1) is 26.0. The van der Waals surface area contributed by atoms with E-state index in [2.05, 4.69) is 10.3 Å². The van der Waals surface area contributed by atoms with Crippen LogP contribution in [0.25, 0.3) is 10.9 Å². The predicted octanol–water partition coefficient (Wildman–Crippen LogP) is 1.59. The largest absolute Gasteiger partial charge is 0.497 e. The van der Waals surface area contributed by atoms with Crippen molar-refractivity contribution in [3.63, 3.8) is 0 Å². The molecule has 0 aliphatic carbocycles. The van der Waals surface area contributed by atoms with Gasteiger partial charge in [-0.05, 0) is 69.0 Å². The number of carbonyl (C=O) groups is 4. The van der Waals surface area contributed by atoms with E-state index >= 15 is 0 Å². The summed E-state index contributed by atoms with van der Waals surface area (Å²) < 4.78 is 5.34. The van der Waals surface area contributed by atoms with E-state index in [4.69, 9.17) is 4.74 Å². The van der Waals surface area contributed by atoms with E-state index in [9.17, 15) is 24.3 Å².